The molecule has 0 saturated heterocycles. The summed E-state index contributed by atoms with van der Waals surface area (Å²) in [4.78, 5) is 9.31. The van der Waals surface area contributed by atoms with E-state index in [-0.39, 0.29) is 29.6 Å². The molecule has 0 aromatic rings. The average molecular weight is 170 g/mol. The molecule has 0 amide bonds. The van der Waals surface area contributed by atoms with Gasteiger partial charge in [0.2, 0.25) is 0 Å². The quantitative estimate of drug-likeness (QED) is 0.388. The van der Waals surface area contributed by atoms with E-state index in [1.807, 2.05) is 0 Å². The summed E-state index contributed by atoms with van der Waals surface area (Å²) in [5, 5.41) is 0. The van der Waals surface area contributed by atoms with Crippen LogP contribution in [0.2, 0.25) is 0 Å². The van der Waals surface area contributed by atoms with Crippen molar-refractivity contribution in [1.29, 1.82) is 0 Å². The maximum atomic E-state index is 9.31. The Bertz CT molecular complexity index is 58.4. The van der Waals surface area contributed by atoms with Gasteiger partial charge in [0.05, 0.1) is 0 Å². The summed E-state index contributed by atoms with van der Waals surface area (Å²) in [7, 11) is 0. The van der Waals surface area contributed by atoms with Crippen LogP contribution in [0.4, 0.5) is 0 Å². The van der Waals surface area contributed by atoms with Crippen molar-refractivity contribution >= 4 is 70.6 Å². The number of rotatable bonds is 0. The molecule has 1 radical (unpaired) electrons. The van der Waals surface area contributed by atoms with Gasteiger partial charge in [0.1, 0.15) is 0 Å². The molecule has 0 aromatic heterocycles. The Balaban J connectivity index is 0. The number of halogens is 3. The van der Waals surface area contributed by atoms with Gasteiger partial charge in [-0.25, -0.2) is 0 Å². The standard InChI is InChI=1S/C2Cl3O.Na.H/c3-2(4,5)1-6;;. The van der Waals surface area contributed by atoms with Gasteiger partial charge in [0, 0.05) is 0 Å². The predicted octanol–water partition coefficient (Wildman–Crippen LogP) is 0.818. The fourth-order valence-electron chi connectivity index (χ4n) is 0. The van der Waals surface area contributed by atoms with Crippen molar-refractivity contribution in [2.45, 2.75) is 3.79 Å². The molecule has 0 N–H and O–H groups in total. The van der Waals surface area contributed by atoms with Gasteiger partial charge in [-0.3, -0.25) is 4.79 Å². The summed E-state index contributed by atoms with van der Waals surface area (Å²) in [5.74, 6) is 0. The number of hydrogen-bond donors (Lipinski definition) is 0. The van der Waals surface area contributed by atoms with E-state index in [4.69, 9.17) is 34.8 Å². The summed E-state index contributed by atoms with van der Waals surface area (Å²) < 4.78 is -1.85. The number of hydrogen-bond acceptors (Lipinski definition) is 1. The molecule has 0 spiro atoms. The molecule has 7 heavy (non-hydrogen) atoms. The third-order valence-electron chi connectivity index (χ3n) is 0.116. The van der Waals surface area contributed by atoms with Crippen molar-refractivity contribution in [3.63, 3.8) is 0 Å². The van der Waals surface area contributed by atoms with E-state index < -0.39 is 3.79 Å². The summed E-state index contributed by atoms with van der Waals surface area (Å²) in [6.07, 6.45) is 1.15. The van der Waals surface area contributed by atoms with Gasteiger partial charge in [-0.1, -0.05) is 34.8 Å². The summed E-state index contributed by atoms with van der Waals surface area (Å²) in [6.45, 7) is 0. The van der Waals surface area contributed by atoms with Gasteiger partial charge in [0.25, 0.3) is 10.1 Å². The monoisotopic (exact) mass is 169 g/mol. The van der Waals surface area contributed by atoms with Gasteiger partial charge in [-0.2, -0.15) is 0 Å². The Morgan fingerprint density at radius 3 is 1.43 bits per heavy atom. The van der Waals surface area contributed by atoms with Crippen LogP contribution in [0, 0.1) is 0 Å². The van der Waals surface area contributed by atoms with Crippen LogP contribution < -0.4 is 0 Å². The molecule has 0 aromatic carbocycles. The molecule has 0 atom stereocenters. The predicted molar refractivity (Wildman–Crippen MR) is 33.1 cm³/mol. The van der Waals surface area contributed by atoms with Crippen molar-refractivity contribution in [2.24, 2.45) is 0 Å². The molecular weight excluding hydrogens is 169 g/mol. The zero-order valence-corrected chi connectivity index (χ0v) is 4.81. The fraction of sp³-hybridized carbons (Fsp3) is 0.500. The molecule has 0 fully saturated rings. The van der Waals surface area contributed by atoms with E-state index in [1.54, 1.807) is 0 Å². The maximum absolute atomic E-state index is 9.31. The Hall–Kier alpha value is 1.54. The zero-order valence-electron chi connectivity index (χ0n) is 2.54. The van der Waals surface area contributed by atoms with Crippen LogP contribution in [0.1, 0.15) is 0 Å². The molecule has 0 aliphatic carbocycles. The second-order valence-electron chi connectivity index (χ2n) is 0.600. The van der Waals surface area contributed by atoms with Crippen LogP contribution in [0.3, 0.4) is 0 Å². The first-order valence-electron chi connectivity index (χ1n) is 1.02. The van der Waals surface area contributed by atoms with Gasteiger partial charge in [0.15, 0.2) is 0 Å². The van der Waals surface area contributed by atoms with Crippen molar-refractivity contribution in [3.05, 3.63) is 0 Å². The molecule has 1 nitrogen and oxygen atoms in total. The van der Waals surface area contributed by atoms with E-state index in [0.29, 0.717) is 0 Å². The zero-order chi connectivity index (χ0) is 5.21. The summed E-state index contributed by atoms with van der Waals surface area (Å²) in [6, 6.07) is 0. The summed E-state index contributed by atoms with van der Waals surface area (Å²) >= 11 is 14.5. The van der Waals surface area contributed by atoms with Crippen LogP contribution in [-0.2, 0) is 4.79 Å². The first-order chi connectivity index (χ1) is 2.56. The van der Waals surface area contributed by atoms with Crippen molar-refractivity contribution in [3.8, 4) is 0 Å². The van der Waals surface area contributed by atoms with Gasteiger partial charge < -0.3 is 0 Å². The Morgan fingerprint density at radius 1 is 1.29 bits per heavy atom. The minimum absolute atomic E-state index is 0. The molecule has 5 heteroatoms. The van der Waals surface area contributed by atoms with E-state index in [2.05, 4.69) is 0 Å². The minimum atomic E-state index is -1.85. The third kappa shape index (κ3) is 11.2. The molecule has 0 aliphatic rings. The molecule has 0 aliphatic heterocycles. The Kier molecular flexibility index (Phi) is 7.17. The Morgan fingerprint density at radius 2 is 1.43 bits per heavy atom. The van der Waals surface area contributed by atoms with Gasteiger partial charge in [-0.15, -0.1) is 0 Å². The average Bonchev–Trinajstić information content (AvgIpc) is 1.35. The van der Waals surface area contributed by atoms with E-state index in [9.17, 15) is 4.79 Å². The molecule has 0 unspecified atom stereocenters. The number of alkyl halides is 3. The topological polar surface area (TPSA) is 17.1 Å². The van der Waals surface area contributed by atoms with Crippen molar-refractivity contribution < 1.29 is 4.79 Å². The normalized spacial score (nSPS) is 9.57. The third-order valence-corrected chi connectivity index (χ3v) is 0.347. The molecule has 0 saturated carbocycles. The second kappa shape index (κ2) is 4.42. The fourth-order valence-corrected chi connectivity index (χ4v) is 0. The van der Waals surface area contributed by atoms with Crippen LogP contribution in [0.25, 0.3) is 0 Å². The molecular formula is C2HCl3NaO. The molecule has 37 valence electrons. The molecule has 0 rings (SSSR count). The van der Waals surface area contributed by atoms with Crippen molar-refractivity contribution in [2.75, 3.05) is 0 Å². The van der Waals surface area contributed by atoms with E-state index in [0.717, 1.165) is 6.29 Å². The van der Waals surface area contributed by atoms with Crippen LogP contribution in [0.5, 0.6) is 0 Å². The van der Waals surface area contributed by atoms with Crippen molar-refractivity contribution in [1.82, 2.24) is 0 Å². The SMILES string of the molecule is O=[C]C(Cl)(Cl)Cl.[NaH]. The molecule has 0 bridgehead atoms. The first kappa shape index (κ1) is 11.4. The number of carbonyl (C=O) groups excluding carboxylic acids is 1. The van der Waals surface area contributed by atoms with Crippen LogP contribution in [0.15, 0.2) is 0 Å². The van der Waals surface area contributed by atoms with E-state index in [1.165, 1.54) is 0 Å². The second-order valence-corrected chi connectivity index (χ2v) is 2.88. The Labute approximate surface area is 78.6 Å². The first-order valence-corrected chi connectivity index (χ1v) is 2.15. The van der Waals surface area contributed by atoms with Crippen LogP contribution >= 0.6 is 34.8 Å². The summed E-state index contributed by atoms with van der Waals surface area (Å²) in [5.41, 5.74) is 0. The van der Waals surface area contributed by atoms with Gasteiger partial charge in [-0.05, 0) is 0 Å². The van der Waals surface area contributed by atoms with Gasteiger partial charge >= 0.3 is 29.6 Å². The van der Waals surface area contributed by atoms with Crippen LogP contribution in [-0.4, -0.2) is 39.6 Å². The molecule has 0 heterocycles. The van der Waals surface area contributed by atoms with E-state index >= 15 is 0 Å².